The van der Waals surface area contributed by atoms with E-state index >= 15 is 0 Å². The summed E-state index contributed by atoms with van der Waals surface area (Å²) in [7, 11) is -1.28. The average Bonchev–Trinajstić information content (AvgIpc) is 3.05. The van der Waals surface area contributed by atoms with E-state index in [1.165, 1.54) is 6.26 Å². The maximum absolute atomic E-state index is 11.7. The lowest BCUT2D eigenvalue weighted by atomic mass is 10.0. The summed E-state index contributed by atoms with van der Waals surface area (Å²) < 4.78 is 25.4. The van der Waals surface area contributed by atoms with E-state index in [0.29, 0.717) is 5.56 Å². The van der Waals surface area contributed by atoms with Crippen molar-refractivity contribution in [2.75, 3.05) is 6.26 Å². The number of aldehydes is 1. The van der Waals surface area contributed by atoms with Gasteiger partial charge in [0.15, 0.2) is 9.84 Å². The Morgan fingerprint density at radius 3 is 2.10 bits per heavy atom. The van der Waals surface area contributed by atoms with Crippen LogP contribution < -0.4 is 0 Å². The van der Waals surface area contributed by atoms with Crippen LogP contribution in [0.3, 0.4) is 0 Å². The van der Waals surface area contributed by atoms with E-state index in [2.05, 4.69) is 12.1 Å². The third kappa shape index (κ3) is 3.47. The van der Waals surface area contributed by atoms with Crippen LogP contribution in [0.25, 0.3) is 33.5 Å². The third-order valence-corrected chi connectivity index (χ3v) is 6.23. The van der Waals surface area contributed by atoms with Gasteiger partial charge in [0, 0.05) is 24.4 Å². The molecule has 0 N–H and O–H groups in total. The van der Waals surface area contributed by atoms with Crippen LogP contribution >= 0.6 is 0 Å². The first-order valence-electron chi connectivity index (χ1n) is 9.11. The molecule has 0 saturated heterocycles. The van der Waals surface area contributed by atoms with Crippen LogP contribution in [0.5, 0.6) is 0 Å². The van der Waals surface area contributed by atoms with Crippen LogP contribution in [-0.2, 0) is 16.9 Å². The first kappa shape index (κ1) is 19.1. The molecule has 3 aromatic carbocycles. The summed E-state index contributed by atoms with van der Waals surface area (Å²) in [5.41, 5.74) is 6.52. The molecule has 1 aromatic heterocycles. The van der Waals surface area contributed by atoms with E-state index in [-0.39, 0.29) is 4.90 Å². The highest BCUT2D eigenvalue weighted by atomic mass is 32.2. The summed E-state index contributed by atoms with van der Waals surface area (Å²) in [4.78, 5) is 16.0. The Hall–Kier alpha value is -3.25. The van der Waals surface area contributed by atoms with Gasteiger partial charge in [-0.3, -0.25) is 4.79 Å². The lowest BCUT2D eigenvalue weighted by molar-refractivity contribution is 0.112. The molecule has 0 atom stereocenters. The number of nitrogens with zero attached hydrogens (tertiary/aromatic N) is 2. The Balaban J connectivity index is 1.83. The minimum absolute atomic E-state index is 0.289. The Labute approximate surface area is 169 Å². The Morgan fingerprint density at radius 2 is 1.52 bits per heavy atom. The molecule has 0 fully saturated rings. The smallest absolute Gasteiger partial charge is 0.175 e. The molecule has 0 saturated carbocycles. The number of aromatic nitrogens is 2. The molecule has 0 aliphatic rings. The molecule has 5 nitrogen and oxygen atoms in total. The van der Waals surface area contributed by atoms with E-state index in [0.717, 1.165) is 45.4 Å². The van der Waals surface area contributed by atoms with Gasteiger partial charge in [-0.05, 0) is 60.0 Å². The third-order valence-electron chi connectivity index (χ3n) is 5.10. The molecule has 4 aromatic rings. The van der Waals surface area contributed by atoms with E-state index in [4.69, 9.17) is 4.98 Å². The molecule has 0 aliphatic heterocycles. The van der Waals surface area contributed by atoms with E-state index in [1.54, 1.807) is 36.4 Å². The van der Waals surface area contributed by atoms with Crippen molar-refractivity contribution >= 4 is 27.2 Å². The minimum atomic E-state index is -3.23. The topological polar surface area (TPSA) is 69.0 Å². The number of fused-ring (bicyclic) bond motifs is 1. The first-order chi connectivity index (χ1) is 13.8. The lowest BCUT2D eigenvalue weighted by Gasteiger charge is -2.07. The molecule has 1 heterocycles. The van der Waals surface area contributed by atoms with E-state index in [9.17, 15) is 13.2 Å². The van der Waals surface area contributed by atoms with Gasteiger partial charge < -0.3 is 4.57 Å². The molecular weight excluding hydrogens is 384 g/mol. The van der Waals surface area contributed by atoms with Crippen molar-refractivity contribution in [1.82, 2.24) is 9.55 Å². The van der Waals surface area contributed by atoms with Crippen LogP contribution in [0.15, 0.2) is 65.6 Å². The second-order valence-electron chi connectivity index (χ2n) is 7.19. The van der Waals surface area contributed by atoms with Gasteiger partial charge in [0.25, 0.3) is 0 Å². The summed E-state index contributed by atoms with van der Waals surface area (Å²) in [6.07, 6.45) is 2.03. The standard InChI is InChI=1S/C23H20N2O3S/c1-15-12-19(17-6-4-16(14-26)5-7-17)13-21-22(15)24-23(25(21)2)18-8-10-20(11-9-18)29(3,27)28/h4-14H,1-3H3. The molecular formula is C23H20N2O3S. The fourth-order valence-corrected chi connectivity index (χ4v) is 4.12. The van der Waals surface area contributed by atoms with Gasteiger partial charge in [0.05, 0.1) is 15.9 Å². The molecule has 146 valence electrons. The van der Waals surface area contributed by atoms with Gasteiger partial charge in [0.2, 0.25) is 0 Å². The van der Waals surface area contributed by atoms with Gasteiger partial charge in [-0.2, -0.15) is 0 Å². The molecule has 0 bridgehead atoms. The highest BCUT2D eigenvalue weighted by Crippen LogP contribution is 2.31. The van der Waals surface area contributed by atoms with Crippen LogP contribution in [-0.4, -0.2) is 30.5 Å². The van der Waals surface area contributed by atoms with Gasteiger partial charge in [-0.25, -0.2) is 13.4 Å². The number of carbonyl (C=O) groups excluding carboxylic acids is 1. The predicted molar refractivity (Wildman–Crippen MR) is 115 cm³/mol. The predicted octanol–water partition coefficient (Wildman–Crippen LogP) is 4.43. The van der Waals surface area contributed by atoms with Crippen molar-refractivity contribution < 1.29 is 13.2 Å². The van der Waals surface area contributed by atoms with Crippen molar-refractivity contribution in [1.29, 1.82) is 0 Å². The maximum Gasteiger partial charge on any atom is 0.175 e. The van der Waals surface area contributed by atoms with Crippen LogP contribution in [0.2, 0.25) is 0 Å². The van der Waals surface area contributed by atoms with Crippen LogP contribution in [0.1, 0.15) is 15.9 Å². The Bertz CT molecular complexity index is 1330. The van der Waals surface area contributed by atoms with Crippen molar-refractivity contribution in [2.24, 2.45) is 7.05 Å². The van der Waals surface area contributed by atoms with Gasteiger partial charge in [-0.1, -0.05) is 24.3 Å². The largest absolute Gasteiger partial charge is 0.327 e. The zero-order chi connectivity index (χ0) is 20.8. The zero-order valence-electron chi connectivity index (χ0n) is 16.4. The molecule has 0 amide bonds. The van der Waals surface area contributed by atoms with Crippen LogP contribution in [0, 0.1) is 6.92 Å². The van der Waals surface area contributed by atoms with Crippen molar-refractivity contribution in [3.05, 3.63) is 71.8 Å². The van der Waals surface area contributed by atoms with Gasteiger partial charge in [0.1, 0.15) is 12.1 Å². The molecule has 4 rings (SSSR count). The number of hydrogen-bond acceptors (Lipinski definition) is 4. The number of hydrogen-bond donors (Lipinski definition) is 0. The molecule has 0 unspecified atom stereocenters. The number of carbonyl (C=O) groups is 1. The summed E-state index contributed by atoms with van der Waals surface area (Å²) in [6, 6.07) is 18.4. The molecule has 6 heteroatoms. The van der Waals surface area contributed by atoms with Crippen molar-refractivity contribution in [3.8, 4) is 22.5 Å². The second kappa shape index (κ2) is 6.97. The average molecular weight is 404 g/mol. The minimum Gasteiger partial charge on any atom is -0.327 e. The maximum atomic E-state index is 11.7. The van der Waals surface area contributed by atoms with E-state index in [1.807, 2.05) is 30.7 Å². The summed E-state index contributed by atoms with van der Waals surface area (Å²) >= 11 is 0. The highest BCUT2D eigenvalue weighted by molar-refractivity contribution is 7.90. The second-order valence-corrected chi connectivity index (χ2v) is 9.21. The molecule has 29 heavy (non-hydrogen) atoms. The van der Waals surface area contributed by atoms with Crippen LogP contribution in [0.4, 0.5) is 0 Å². The summed E-state index contributed by atoms with van der Waals surface area (Å²) in [6.45, 7) is 2.02. The van der Waals surface area contributed by atoms with Crippen molar-refractivity contribution in [3.63, 3.8) is 0 Å². The number of imidazole rings is 1. The SMILES string of the molecule is Cc1cc(-c2ccc(C=O)cc2)cc2c1nc(-c1ccc(S(C)(=O)=O)cc1)n2C. The lowest BCUT2D eigenvalue weighted by Crippen LogP contribution is -1.97. The number of sulfone groups is 1. The molecule has 0 radical (unpaired) electrons. The fraction of sp³-hybridized carbons (Fsp3) is 0.130. The number of benzene rings is 3. The Morgan fingerprint density at radius 1 is 0.897 bits per heavy atom. The molecule has 0 aliphatic carbocycles. The first-order valence-corrected chi connectivity index (χ1v) is 11.0. The quantitative estimate of drug-likeness (QED) is 0.472. The van der Waals surface area contributed by atoms with Gasteiger partial charge in [-0.15, -0.1) is 0 Å². The normalized spacial score (nSPS) is 11.7. The molecule has 0 spiro atoms. The number of rotatable bonds is 4. The summed E-state index contributed by atoms with van der Waals surface area (Å²) in [5, 5.41) is 0. The zero-order valence-corrected chi connectivity index (χ0v) is 17.2. The monoisotopic (exact) mass is 404 g/mol. The number of aryl methyl sites for hydroxylation is 2. The van der Waals surface area contributed by atoms with Crippen molar-refractivity contribution in [2.45, 2.75) is 11.8 Å². The van der Waals surface area contributed by atoms with Gasteiger partial charge >= 0.3 is 0 Å². The highest BCUT2D eigenvalue weighted by Gasteiger charge is 2.14. The summed E-state index contributed by atoms with van der Waals surface area (Å²) in [5.74, 6) is 0.775. The fourth-order valence-electron chi connectivity index (χ4n) is 3.49. The Kier molecular flexibility index (Phi) is 4.59. The van der Waals surface area contributed by atoms with E-state index < -0.39 is 9.84 Å².